The van der Waals surface area contributed by atoms with Crippen molar-refractivity contribution in [1.29, 1.82) is 0 Å². The zero-order valence-corrected chi connectivity index (χ0v) is 10.6. The van der Waals surface area contributed by atoms with Gasteiger partial charge in [0.1, 0.15) is 0 Å². The number of hydrogen-bond acceptors (Lipinski definition) is 3. The molecule has 0 saturated heterocycles. The van der Waals surface area contributed by atoms with Crippen LogP contribution in [0.4, 0.5) is 0 Å². The van der Waals surface area contributed by atoms with Crippen molar-refractivity contribution in [2.45, 2.75) is 32.4 Å². The second-order valence-corrected chi connectivity index (χ2v) is 4.07. The van der Waals surface area contributed by atoms with Gasteiger partial charge in [-0.2, -0.15) is 0 Å². The lowest BCUT2D eigenvalue weighted by Gasteiger charge is -2.12. The highest BCUT2D eigenvalue weighted by atomic mass is 16.4. The molecule has 0 fully saturated rings. The molecule has 1 unspecified atom stereocenters. The Labute approximate surface area is 108 Å². The summed E-state index contributed by atoms with van der Waals surface area (Å²) in [6.45, 7) is 2.77. The summed E-state index contributed by atoms with van der Waals surface area (Å²) in [4.78, 5) is 0. The van der Waals surface area contributed by atoms with Gasteiger partial charge in [0.05, 0.1) is 6.04 Å². The van der Waals surface area contributed by atoms with Crippen LogP contribution in [0.1, 0.15) is 30.9 Å². The Balaban J connectivity index is 2.66. The third-order valence-electron chi connectivity index (χ3n) is 2.66. The second-order valence-electron chi connectivity index (χ2n) is 4.07. The van der Waals surface area contributed by atoms with Gasteiger partial charge in [0.25, 0.3) is 0 Å². The van der Waals surface area contributed by atoms with Crippen LogP contribution in [0.2, 0.25) is 0 Å². The normalized spacial score (nSPS) is 13.0. The van der Waals surface area contributed by atoms with Gasteiger partial charge >= 0.3 is 0 Å². The number of rotatable bonds is 6. The molecule has 0 heterocycles. The average Bonchev–Trinajstić information content (AvgIpc) is 2.42. The average molecular weight is 245 g/mol. The Morgan fingerprint density at radius 1 is 1.61 bits per heavy atom. The van der Waals surface area contributed by atoms with Crippen molar-refractivity contribution in [3.05, 3.63) is 35.4 Å². The molecule has 4 heteroatoms. The van der Waals surface area contributed by atoms with Crippen molar-refractivity contribution in [2.24, 2.45) is 10.9 Å². The molecule has 1 aromatic carbocycles. The highest BCUT2D eigenvalue weighted by Gasteiger charge is 2.04. The van der Waals surface area contributed by atoms with Gasteiger partial charge in [0, 0.05) is 12.1 Å². The topological polar surface area (TPSA) is 70.6 Å². The van der Waals surface area contributed by atoms with Gasteiger partial charge in [-0.25, -0.2) is 0 Å². The monoisotopic (exact) mass is 245 g/mol. The molecule has 4 nitrogen and oxygen atoms in total. The minimum absolute atomic E-state index is 0.0857. The molecule has 1 atom stereocenters. The molecule has 1 rings (SSSR count). The van der Waals surface area contributed by atoms with Crippen molar-refractivity contribution in [3.63, 3.8) is 0 Å². The van der Waals surface area contributed by atoms with E-state index in [4.69, 9.17) is 17.4 Å². The molecule has 96 valence electrons. The van der Waals surface area contributed by atoms with Crippen molar-refractivity contribution < 1.29 is 5.21 Å². The summed E-state index contributed by atoms with van der Waals surface area (Å²) in [5.41, 5.74) is 7.29. The van der Waals surface area contributed by atoms with Gasteiger partial charge in [-0.15, -0.1) is 6.42 Å². The van der Waals surface area contributed by atoms with E-state index in [9.17, 15) is 0 Å². The summed E-state index contributed by atoms with van der Waals surface area (Å²) >= 11 is 0. The largest absolute Gasteiger partial charge is 0.409 e. The molecule has 0 aliphatic heterocycles. The third-order valence-corrected chi connectivity index (χ3v) is 2.66. The molecule has 4 N–H and O–H groups in total. The Hall–Kier alpha value is -1.99. The van der Waals surface area contributed by atoms with Crippen molar-refractivity contribution in [3.8, 4) is 12.3 Å². The molecule has 0 amide bonds. The summed E-state index contributed by atoms with van der Waals surface area (Å²) in [5, 5.41) is 14.9. The van der Waals surface area contributed by atoms with E-state index < -0.39 is 0 Å². The van der Waals surface area contributed by atoms with E-state index in [0.29, 0.717) is 12.1 Å². The number of hydrogen-bond donors (Lipinski definition) is 3. The van der Waals surface area contributed by atoms with Gasteiger partial charge in [-0.05, 0) is 18.1 Å². The molecule has 18 heavy (non-hydrogen) atoms. The van der Waals surface area contributed by atoms with E-state index in [1.807, 2.05) is 18.2 Å². The fourth-order valence-corrected chi connectivity index (χ4v) is 1.67. The molecule has 0 aliphatic rings. The van der Waals surface area contributed by atoms with Gasteiger partial charge in [0.15, 0.2) is 5.84 Å². The van der Waals surface area contributed by atoms with Crippen LogP contribution in [-0.4, -0.2) is 17.1 Å². The minimum atomic E-state index is 0.0857. The van der Waals surface area contributed by atoms with Crippen LogP contribution in [0.25, 0.3) is 0 Å². The Kier molecular flexibility index (Phi) is 5.75. The summed E-state index contributed by atoms with van der Waals surface area (Å²) in [6.07, 6.45) is 7.44. The molecular formula is C14H19N3O. The molecule has 0 radical (unpaired) electrons. The lowest BCUT2D eigenvalue weighted by molar-refractivity contribution is 0.318. The molecular weight excluding hydrogens is 226 g/mol. The van der Waals surface area contributed by atoms with Crippen molar-refractivity contribution >= 4 is 5.84 Å². The highest BCUT2D eigenvalue weighted by molar-refractivity contribution is 5.97. The summed E-state index contributed by atoms with van der Waals surface area (Å²) < 4.78 is 0. The van der Waals surface area contributed by atoms with Gasteiger partial charge in [0.2, 0.25) is 0 Å². The van der Waals surface area contributed by atoms with Crippen LogP contribution < -0.4 is 11.1 Å². The first-order valence-corrected chi connectivity index (χ1v) is 5.97. The molecule has 1 aromatic rings. The van der Waals surface area contributed by atoms with Crippen LogP contribution in [-0.2, 0) is 6.54 Å². The first-order valence-electron chi connectivity index (χ1n) is 5.97. The van der Waals surface area contributed by atoms with Crippen LogP contribution in [0.5, 0.6) is 0 Å². The van der Waals surface area contributed by atoms with Crippen LogP contribution in [0.15, 0.2) is 29.4 Å². The number of terminal acetylenes is 1. The number of oxime groups is 1. The maximum absolute atomic E-state index is 8.63. The predicted molar refractivity (Wildman–Crippen MR) is 73.3 cm³/mol. The maximum atomic E-state index is 8.63. The van der Waals surface area contributed by atoms with E-state index >= 15 is 0 Å². The van der Waals surface area contributed by atoms with Gasteiger partial charge in [-0.3, -0.25) is 5.32 Å². The summed E-state index contributed by atoms with van der Waals surface area (Å²) in [7, 11) is 0. The second kappa shape index (κ2) is 7.36. The number of nitrogens with zero attached hydrogens (tertiary/aromatic N) is 1. The molecule has 0 saturated carbocycles. The quantitative estimate of drug-likeness (QED) is 0.235. The first-order chi connectivity index (χ1) is 8.71. The van der Waals surface area contributed by atoms with Crippen molar-refractivity contribution in [2.75, 3.05) is 0 Å². The van der Waals surface area contributed by atoms with Crippen LogP contribution in [0.3, 0.4) is 0 Å². The predicted octanol–water partition coefficient (Wildman–Crippen LogP) is 1.67. The Morgan fingerprint density at radius 2 is 2.39 bits per heavy atom. The standard InChI is InChI=1S/C14H19N3O/c1-3-6-13(4-2)16-10-11-7-5-8-12(9-11)14(15)17-18/h2,5,7-9,13,16,18H,3,6,10H2,1H3,(H2,15,17). The van der Waals surface area contributed by atoms with Gasteiger partial charge < -0.3 is 10.9 Å². The third kappa shape index (κ3) is 4.11. The fraction of sp³-hybridized carbons (Fsp3) is 0.357. The van der Waals surface area contributed by atoms with E-state index in [2.05, 4.69) is 23.3 Å². The minimum Gasteiger partial charge on any atom is -0.409 e. The SMILES string of the molecule is C#CC(CCC)NCc1cccc(/C(N)=N/O)c1. The maximum Gasteiger partial charge on any atom is 0.170 e. The fourth-order valence-electron chi connectivity index (χ4n) is 1.67. The number of nitrogens with two attached hydrogens (primary N) is 1. The zero-order chi connectivity index (χ0) is 13.4. The zero-order valence-electron chi connectivity index (χ0n) is 10.6. The smallest absolute Gasteiger partial charge is 0.170 e. The van der Waals surface area contributed by atoms with Crippen molar-refractivity contribution in [1.82, 2.24) is 5.32 Å². The van der Waals surface area contributed by atoms with Gasteiger partial charge in [-0.1, -0.05) is 42.6 Å². The lowest BCUT2D eigenvalue weighted by atomic mass is 10.1. The number of benzene rings is 1. The summed E-state index contributed by atoms with van der Waals surface area (Å²) in [5.74, 6) is 2.83. The lowest BCUT2D eigenvalue weighted by Crippen LogP contribution is -2.27. The Morgan fingerprint density at radius 3 is 3.00 bits per heavy atom. The summed E-state index contributed by atoms with van der Waals surface area (Å²) in [6, 6.07) is 7.60. The molecule has 0 aliphatic carbocycles. The number of nitrogens with one attached hydrogen (secondary N) is 1. The van der Waals surface area contributed by atoms with Crippen LogP contribution >= 0.6 is 0 Å². The van der Waals surface area contributed by atoms with E-state index in [1.165, 1.54) is 0 Å². The van der Waals surface area contributed by atoms with E-state index in [1.54, 1.807) is 6.07 Å². The van der Waals surface area contributed by atoms with Crippen LogP contribution in [0, 0.1) is 12.3 Å². The van der Waals surface area contributed by atoms with E-state index in [0.717, 1.165) is 18.4 Å². The first kappa shape index (κ1) is 14.1. The number of amidine groups is 1. The van der Waals surface area contributed by atoms with E-state index in [-0.39, 0.29) is 11.9 Å². The Bertz CT molecular complexity index is 449. The molecule has 0 spiro atoms. The molecule has 0 aromatic heterocycles. The highest BCUT2D eigenvalue weighted by Crippen LogP contribution is 2.06. The molecule has 0 bridgehead atoms.